The fourth-order valence-corrected chi connectivity index (χ4v) is 4.04. The summed E-state index contributed by atoms with van der Waals surface area (Å²) in [4.78, 5) is 23.0. The topological polar surface area (TPSA) is 85.2 Å². The van der Waals surface area contributed by atoms with E-state index in [0.29, 0.717) is 24.6 Å². The number of amides is 1. The Kier molecular flexibility index (Phi) is 6.62. The second-order valence-electron chi connectivity index (χ2n) is 8.59. The minimum atomic E-state index is -4.57. The van der Waals surface area contributed by atoms with Gasteiger partial charge in [-0.15, -0.1) is 0 Å². The van der Waals surface area contributed by atoms with E-state index in [1.165, 1.54) is 0 Å². The zero-order valence-electron chi connectivity index (χ0n) is 19.9. The number of carbonyl (C=O) groups excluding carboxylic acids is 1. The van der Waals surface area contributed by atoms with Gasteiger partial charge < -0.3 is 15.0 Å². The summed E-state index contributed by atoms with van der Waals surface area (Å²) in [5.41, 5.74) is 3.52. The van der Waals surface area contributed by atoms with Crippen LogP contribution in [0.2, 0.25) is 0 Å². The maximum absolute atomic E-state index is 13.0. The van der Waals surface area contributed by atoms with Gasteiger partial charge in [0.1, 0.15) is 5.69 Å². The molecule has 1 N–H and O–H groups in total. The normalized spacial score (nSPS) is 14.0. The highest BCUT2D eigenvalue weighted by Crippen LogP contribution is 2.30. The van der Waals surface area contributed by atoms with Crippen LogP contribution >= 0.6 is 0 Å². The van der Waals surface area contributed by atoms with Crippen molar-refractivity contribution in [2.75, 3.05) is 36.5 Å². The zero-order valence-corrected chi connectivity index (χ0v) is 19.9. The lowest BCUT2D eigenvalue weighted by Gasteiger charge is -2.28. The lowest BCUT2D eigenvalue weighted by Crippen LogP contribution is -2.36. The van der Waals surface area contributed by atoms with E-state index >= 15 is 0 Å². The summed E-state index contributed by atoms with van der Waals surface area (Å²) in [6.07, 6.45) is 3.60. The molecule has 4 heterocycles. The standard InChI is InChI=1S/C26H23F3N6O2/c1-17-2-3-21(33-25(36)23-11-20(4-5-31-23)26(27,28)29)12-24(17)35-16-19(14-32-35)18-10-22(15-30-13-18)34-6-8-37-9-7-34/h2-5,10-16H,6-9H2,1H3,(H,33,36). The van der Waals surface area contributed by atoms with Gasteiger partial charge in [-0.05, 0) is 42.8 Å². The van der Waals surface area contributed by atoms with Gasteiger partial charge in [0.05, 0.1) is 42.5 Å². The van der Waals surface area contributed by atoms with Crippen LogP contribution in [0.1, 0.15) is 21.6 Å². The third-order valence-corrected chi connectivity index (χ3v) is 6.05. The van der Waals surface area contributed by atoms with Crippen LogP contribution in [-0.4, -0.2) is 52.0 Å². The molecule has 0 atom stereocenters. The molecule has 0 radical (unpaired) electrons. The van der Waals surface area contributed by atoms with Gasteiger partial charge in [0.2, 0.25) is 0 Å². The number of nitrogens with zero attached hydrogens (tertiary/aromatic N) is 5. The number of alkyl halides is 3. The van der Waals surface area contributed by atoms with Crippen molar-refractivity contribution in [1.29, 1.82) is 0 Å². The van der Waals surface area contributed by atoms with Crippen LogP contribution in [-0.2, 0) is 10.9 Å². The summed E-state index contributed by atoms with van der Waals surface area (Å²) >= 11 is 0. The van der Waals surface area contributed by atoms with Gasteiger partial charge >= 0.3 is 6.18 Å². The predicted octanol–water partition coefficient (Wildman–Crippen LogP) is 4.75. The highest BCUT2D eigenvalue weighted by atomic mass is 19.4. The Hall–Kier alpha value is -4.25. The van der Waals surface area contributed by atoms with Gasteiger partial charge in [0.25, 0.3) is 5.91 Å². The maximum atomic E-state index is 13.0. The molecule has 1 amide bonds. The van der Waals surface area contributed by atoms with Crippen LogP contribution in [0.15, 0.2) is 67.4 Å². The number of halogens is 3. The van der Waals surface area contributed by atoms with Crippen LogP contribution < -0.4 is 10.2 Å². The van der Waals surface area contributed by atoms with E-state index in [9.17, 15) is 18.0 Å². The van der Waals surface area contributed by atoms with Crippen molar-refractivity contribution in [1.82, 2.24) is 19.7 Å². The van der Waals surface area contributed by atoms with Crippen LogP contribution in [0.4, 0.5) is 24.5 Å². The SMILES string of the molecule is Cc1ccc(NC(=O)c2cc(C(F)(F)F)ccn2)cc1-n1cc(-c2cncc(N3CCOCC3)c2)cn1. The average molecular weight is 509 g/mol. The Bertz CT molecular complexity index is 1430. The molecule has 5 rings (SSSR count). The molecule has 1 aromatic carbocycles. The molecule has 0 spiro atoms. The molecule has 0 saturated carbocycles. The number of nitrogens with one attached hydrogen (secondary N) is 1. The highest BCUT2D eigenvalue weighted by molar-refractivity contribution is 6.03. The Morgan fingerprint density at radius 2 is 1.84 bits per heavy atom. The highest BCUT2D eigenvalue weighted by Gasteiger charge is 2.31. The van der Waals surface area contributed by atoms with Gasteiger partial charge in [-0.3, -0.25) is 14.8 Å². The Morgan fingerprint density at radius 1 is 1.03 bits per heavy atom. The monoisotopic (exact) mass is 508 g/mol. The van der Waals surface area contributed by atoms with Crippen molar-refractivity contribution in [2.24, 2.45) is 0 Å². The van der Waals surface area contributed by atoms with Crippen molar-refractivity contribution in [3.8, 4) is 16.8 Å². The zero-order chi connectivity index (χ0) is 26.0. The van der Waals surface area contributed by atoms with Crippen molar-refractivity contribution >= 4 is 17.3 Å². The number of morpholine rings is 1. The number of ether oxygens (including phenoxy) is 1. The first-order valence-corrected chi connectivity index (χ1v) is 11.6. The number of hydrogen-bond donors (Lipinski definition) is 1. The van der Waals surface area contributed by atoms with Gasteiger partial charge in [-0.1, -0.05) is 6.07 Å². The van der Waals surface area contributed by atoms with Crippen LogP contribution in [0.25, 0.3) is 16.8 Å². The first-order valence-electron chi connectivity index (χ1n) is 11.6. The lowest BCUT2D eigenvalue weighted by molar-refractivity contribution is -0.137. The minimum Gasteiger partial charge on any atom is -0.378 e. The molecule has 1 aliphatic rings. The molecule has 4 aromatic rings. The number of pyridine rings is 2. The number of aromatic nitrogens is 4. The summed E-state index contributed by atoms with van der Waals surface area (Å²) in [5, 5.41) is 7.11. The first-order chi connectivity index (χ1) is 17.8. The summed E-state index contributed by atoms with van der Waals surface area (Å²) in [6.45, 7) is 4.86. The second-order valence-corrected chi connectivity index (χ2v) is 8.59. The number of rotatable bonds is 5. The third-order valence-electron chi connectivity index (χ3n) is 6.05. The number of benzene rings is 1. The molecule has 37 heavy (non-hydrogen) atoms. The number of anilines is 2. The largest absolute Gasteiger partial charge is 0.416 e. The van der Waals surface area contributed by atoms with Gasteiger partial charge in [0.15, 0.2) is 0 Å². The third kappa shape index (κ3) is 5.46. The molecule has 1 aliphatic heterocycles. The minimum absolute atomic E-state index is 0.328. The number of hydrogen-bond acceptors (Lipinski definition) is 6. The van der Waals surface area contributed by atoms with Crippen LogP contribution in [0, 0.1) is 6.92 Å². The van der Waals surface area contributed by atoms with Crippen molar-refractivity contribution in [3.05, 3.63) is 84.2 Å². The summed E-state index contributed by atoms with van der Waals surface area (Å²) in [7, 11) is 0. The second kappa shape index (κ2) is 10.0. The van der Waals surface area contributed by atoms with Crippen molar-refractivity contribution in [2.45, 2.75) is 13.1 Å². The number of carbonyl (C=O) groups is 1. The summed E-state index contributed by atoms with van der Waals surface area (Å²) in [5.74, 6) is -0.743. The fraction of sp³-hybridized carbons (Fsp3) is 0.231. The molecule has 190 valence electrons. The predicted molar refractivity (Wildman–Crippen MR) is 132 cm³/mol. The Morgan fingerprint density at radius 3 is 2.62 bits per heavy atom. The fourth-order valence-electron chi connectivity index (χ4n) is 4.04. The molecule has 0 unspecified atom stereocenters. The number of aryl methyl sites for hydroxylation is 1. The van der Waals surface area contributed by atoms with E-state index < -0.39 is 17.6 Å². The summed E-state index contributed by atoms with van der Waals surface area (Å²) in [6, 6.07) is 8.79. The van der Waals surface area contributed by atoms with E-state index in [-0.39, 0.29) is 5.69 Å². The van der Waals surface area contributed by atoms with Crippen molar-refractivity contribution < 1.29 is 22.7 Å². The van der Waals surface area contributed by atoms with Gasteiger partial charge in [-0.2, -0.15) is 18.3 Å². The molecule has 1 saturated heterocycles. The average Bonchev–Trinajstić information content (AvgIpc) is 3.40. The smallest absolute Gasteiger partial charge is 0.378 e. The molecule has 1 fully saturated rings. The van der Waals surface area contributed by atoms with Gasteiger partial charge in [-0.25, -0.2) is 4.68 Å². The Balaban J connectivity index is 1.37. The molecule has 11 heteroatoms. The maximum Gasteiger partial charge on any atom is 0.416 e. The lowest BCUT2D eigenvalue weighted by atomic mass is 10.1. The molecular formula is C26H23F3N6O2. The van der Waals surface area contributed by atoms with Crippen LogP contribution in [0.5, 0.6) is 0 Å². The van der Waals surface area contributed by atoms with E-state index in [1.807, 2.05) is 19.3 Å². The van der Waals surface area contributed by atoms with E-state index in [0.717, 1.165) is 53.8 Å². The van der Waals surface area contributed by atoms with Crippen molar-refractivity contribution in [3.63, 3.8) is 0 Å². The molecule has 0 bridgehead atoms. The van der Waals surface area contributed by atoms with Crippen LogP contribution in [0.3, 0.4) is 0 Å². The first kappa shape index (κ1) is 24.4. The molecule has 8 nitrogen and oxygen atoms in total. The van der Waals surface area contributed by atoms with Gasteiger partial charge in [0, 0.05) is 48.5 Å². The Labute approximate surface area is 210 Å². The van der Waals surface area contributed by atoms with E-state index in [2.05, 4.69) is 31.3 Å². The van der Waals surface area contributed by atoms with E-state index in [1.54, 1.807) is 35.3 Å². The molecular weight excluding hydrogens is 485 g/mol. The molecule has 3 aromatic heterocycles. The molecule has 0 aliphatic carbocycles. The summed E-state index contributed by atoms with van der Waals surface area (Å²) < 4.78 is 46.1. The van der Waals surface area contributed by atoms with E-state index in [4.69, 9.17) is 4.74 Å². The quantitative estimate of drug-likeness (QED) is 0.419.